The first kappa shape index (κ1) is 18.7. The van der Waals surface area contributed by atoms with Gasteiger partial charge in [-0.2, -0.15) is 5.26 Å². The van der Waals surface area contributed by atoms with Crippen LogP contribution in [-0.4, -0.2) is 10.5 Å². The van der Waals surface area contributed by atoms with Gasteiger partial charge in [-0.3, -0.25) is 4.79 Å². The monoisotopic (exact) mass is 419 g/mol. The van der Waals surface area contributed by atoms with Crippen LogP contribution in [0.2, 0.25) is 0 Å². The Hall–Kier alpha value is -3.10. The average Bonchev–Trinajstić information content (AvgIpc) is 3.15. The third kappa shape index (κ3) is 4.36. The molecule has 27 heavy (non-hydrogen) atoms. The number of nitrogens with one attached hydrogen (secondary N) is 1. The number of carbonyl (C=O) groups is 1. The zero-order valence-electron chi connectivity index (χ0n) is 14.8. The minimum atomic E-state index is -0.415. The SMILES string of the molecule is CCc1ccccc1NC(=O)/C(C#N)=C/c1cccn1-c1ccc(Br)cc1. The van der Waals surface area contributed by atoms with Crippen LogP contribution in [0.25, 0.3) is 11.8 Å². The van der Waals surface area contributed by atoms with Gasteiger partial charge in [-0.05, 0) is 60.5 Å². The molecule has 134 valence electrons. The van der Waals surface area contributed by atoms with E-state index in [0.29, 0.717) is 0 Å². The van der Waals surface area contributed by atoms with Gasteiger partial charge in [0.2, 0.25) is 0 Å². The van der Waals surface area contributed by atoms with Gasteiger partial charge >= 0.3 is 0 Å². The lowest BCUT2D eigenvalue weighted by Crippen LogP contribution is -2.15. The number of hydrogen-bond acceptors (Lipinski definition) is 2. The fourth-order valence-electron chi connectivity index (χ4n) is 2.79. The number of aryl methyl sites for hydroxylation is 1. The van der Waals surface area contributed by atoms with E-state index in [1.165, 1.54) is 0 Å². The molecule has 5 heteroatoms. The van der Waals surface area contributed by atoms with Crippen LogP contribution in [0, 0.1) is 11.3 Å². The quantitative estimate of drug-likeness (QED) is 0.447. The Morgan fingerprint density at radius 3 is 2.59 bits per heavy atom. The topological polar surface area (TPSA) is 57.8 Å². The van der Waals surface area contributed by atoms with Crippen molar-refractivity contribution in [2.75, 3.05) is 5.32 Å². The fraction of sp³-hybridized carbons (Fsp3) is 0.0909. The molecule has 1 N–H and O–H groups in total. The Balaban J connectivity index is 1.89. The lowest BCUT2D eigenvalue weighted by Gasteiger charge is -2.10. The van der Waals surface area contributed by atoms with Crippen LogP contribution >= 0.6 is 15.9 Å². The minimum Gasteiger partial charge on any atom is -0.321 e. The van der Waals surface area contributed by atoms with Crippen molar-refractivity contribution in [2.45, 2.75) is 13.3 Å². The molecule has 0 aliphatic rings. The van der Waals surface area contributed by atoms with Gasteiger partial charge < -0.3 is 9.88 Å². The highest BCUT2D eigenvalue weighted by atomic mass is 79.9. The lowest BCUT2D eigenvalue weighted by atomic mass is 10.1. The molecule has 2 aromatic carbocycles. The van der Waals surface area contributed by atoms with Crippen molar-refractivity contribution < 1.29 is 4.79 Å². The zero-order valence-corrected chi connectivity index (χ0v) is 16.4. The molecule has 1 heterocycles. The first-order valence-corrected chi connectivity index (χ1v) is 9.36. The molecule has 0 fully saturated rings. The number of halogens is 1. The smallest absolute Gasteiger partial charge is 0.266 e. The molecule has 0 radical (unpaired) electrons. The highest BCUT2D eigenvalue weighted by Crippen LogP contribution is 2.20. The first-order valence-electron chi connectivity index (χ1n) is 8.56. The Morgan fingerprint density at radius 2 is 1.89 bits per heavy atom. The molecule has 4 nitrogen and oxygen atoms in total. The van der Waals surface area contributed by atoms with Crippen LogP contribution in [0.5, 0.6) is 0 Å². The van der Waals surface area contributed by atoms with Crippen molar-refractivity contribution in [3.8, 4) is 11.8 Å². The van der Waals surface area contributed by atoms with Gasteiger partial charge in [0.05, 0.1) is 0 Å². The molecule has 0 aliphatic heterocycles. The molecule has 1 aromatic heterocycles. The largest absolute Gasteiger partial charge is 0.321 e. The molecule has 1 amide bonds. The highest BCUT2D eigenvalue weighted by molar-refractivity contribution is 9.10. The van der Waals surface area contributed by atoms with Gasteiger partial charge in [-0.1, -0.05) is 41.1 Å². The molecular weight excluding hydrogens is 402 g/mol. The number of carbonyl (C=O) groups excluding carboxylic acids is 1. The van der Waals surface area contributed by atoms with E-state index in [9.17, 15) is 10.1 Å². The predicted octanol–water partition coefficient (Wildman–Crippen LogP) is 5.35. The summed E-state index contributed by atoms with van der Waals surface area (Å²) in [6.45, 7) is 2.02. The van der Waals surface area contributed by atoms with Crippen molar-refractivity contribution in [3.05, 3.63) is 88.2 Å². The molecule has 0 bridgehead atoms. The van der Waals surface area contributed by atoms with E-state index in [0.717, 1.165) is 33.5 Å². The van der Waals surface area contributed by atoms with E-state index in [-0.39, 0.29) is 5.57 Å². The highest BCUT2D eigenvalue weighted by Gasteiger charge is 2.12. The van der Waals surface area contributed by atoms with Crippen LogP contribution in [0.4, 0.5) is 5.69 Å². The summed E-state index contributed by atoms with van der Waals surface area (Å²) >= 11 is 3.42. The van der Waals surface area contributed by atoms with E-state index >= 15 is 0 Å². The van der Waals surface area contributed by atoms with Crippen LogP contribution in [0.1, 0.15) is 18.2 Å². The van der Waals surface area contributed by atoms with Crippen LogP contribution in [-0.2, 0) is 11.2 Å². The van der Waals surface area contributed by atoms with Crippen LogP contribution < -0.4 is 5.32 Å². The molecule has 0 spiro atoms. The molecule has 0 atom stereocenters. The van der Waals surface area contributed by atoms with Gasteiger partial charge in [0.15, 0.2) is 0 Å². The molecule has 0 aliphatic carbocycles. The van der Waals surface area contributed by atoms with E-state index in [2.05, 4.69) is 21.2 Å². The number of aromatic nitrogens is 1. The maximum absolute atomic E-state index is 12.6. The van der Waals surface area contributed by atoms with Crippen molar-refractivity contribution >= 4 is 33.6 Å². The van der Waals surface area contributed by atoms with Crippen LogP contribution in [0.15, 0.2) is 76.9 Å². The standard InChI is InChI=1S/C22H18BrN3O/c1-2-16-6-3-4-8-21(16)25-22(27)17(15-24)14-20-7-5-13-26(20)19-11-9-18(23)10-12-19/h3-14H,2H2,1H3,(H,25,27)/b17-14+. The minimum absolute atomic E-state index is 0.0537. The van der Waals surface area contributed by atoms with Crippen molar-refractivity contribution in [2.24, 2.45) is 0 Å². The number of rotatable bonds is 5. The predicted molar refractivity (Wildman–Crippen MR) is 112 cm³/mol. The third-order valence-corrected chi connectivity index (χ3v) is 4.72. The summed E-state index contributed by atoms with van der Waals surface area (Å²) in [5.41, 5.74) is 3.52. The Morgan fingerprint density at radius 1 is 1.15 bits per heavy atom. The maximum atomic E-state index is 12.6. The van der Waals surface area contributed by atoms with Gasteiger partial charge in [-0.15, -0.1) is 0 Å². The number of para-hydroxylation sites is 1. The second-order valence-corrected chi connectivity index (χ2v) is 6.83. The number of hydrogen-bond donors (Lipinski definition) is 1. The van der Waals surface area contributed by atoms with Crippen molar-refractivity contribution in [3.63, 3.8) is 0 Å². The number of nitriles is 1. The molecule has 3 aromatic rings. The van der Waals surface area contributed by atoms with Gasteiger partial charge in [0, 0.05) is 27.7 Å². The number of benzene rings is 2. The zero-order chi connectivity index (χ0) is 19.2. The molecule has 3 rings (SSSR count). The normalized spacial score (nSPS) is 11.1. The number of nitrogens with zero attached hydrogens (tertiary/aromatic N) is 2. The van der Waals surface area contributed by atoms with Crippen molar-refractivity contribution in [1.82, 2.24) is 4.57 Å². The molecule has 0 unspecified atom stereocenters. The summed E-state index contributed by atoms with van der Waals surface area (Å²) in [6.07, 6.45) is 4.30. The van der Waals surface area contributed by atoms with Gasteiger partial charge in [0.1, 0.15) is 11.6 Å². The summed E-state index contributed by atoms with van der Waals surface area (Å²) < 4.78 is 2.92. The molecule has 0 saturated carbocycles. The third-order valence-electron chi connectivity index (χ3n) is 4.19. The Kier molecular flexibility index (Phi) is 5.90. The van der Waals surface area contributed by atoms with E-state index in [1.807, 2.05) is 84.4 Å². The van der Waals surface area contributed by atoms with E-state index < -0.39 is 5.91 Å². The fourth-order valence-corrected chi connectivity index (χ4v) is 3.05. The summed E-state index contributed by atoms with van der Waals surface area (Å²) in [5.74, 6) is -0.415. The average molecular weight is 420 g/mol. The Bertz CT molecular complexity index is 1030. The van der Waals surface area contributed by atoms with E-state index in [1.54, 1.807) is 6.08 Å². The molecule has 0 saturated heterocycles. The molecular formula is C22H18BrN3O. The maximum Gasteiger partial charge on any atom is 0.266 e. The van der Waals surface area contributed by atoms with Crippen molar-refractivity contribution in [1.29, 1.82) is 5.26 Å². The van der Waals surface area contributed by atoms with Gasteiger partial charge in [-0.25, -0.2) is 0 Å². The van der Waals surface area contributed by atoms with E-state index in [4.69, 9.17) is 0 Å². The summed E-state index contributed by atoms with van der Waals surface area (Å²) in [5, 5.41) is 12.3. The number of anilines is 1. The van der Waals surface area contributed by atoms with Gasteiger partial charge in [0.25, 0.3) is 5.91 Å². The lowest BCUT2D eigenvalue weighted by molar-refractivity contribution is -0.112. The summed E-state index contributed by atoms with van der Waals surface area (Å²) in [7, 11) is 0. The summed E-state index contributed by atoms with van der Waals surface area (Å²) in [6, 6.07) is 21.2. The number of amides is 1. The summed E-state index contributed by atoms with van der Waals surface area (Å²) in [4.78, 5) is 12.6. The Labute approximate surface area is 166 Å². The van der Waals surface area contributed by atoms with Crippen LogP contribution in [0.3, 0.4) is 0 Å². The first-order chi connectivity index (χ1) is 13.1. The second-order valence-electron chi connectivity index (χ2n) is 5.91. The second kappa shape index (κ2) is 8.52.